The fourth-order valence-electron chi connectivity index (χ4n) is 1.48. The maximum absolute atomic E-state index is 10.5. The van der Waals surface area contributed by atoms with Gasteiger partial charge in [0.05, 0.1) is 16.2 Å². The number of anilines is 1. The minimum absolute atomic E-state index is 0.125. The zero-order valence-electron chi connectivity index (χ0n) is 9.29. The third-order valence-corrected chi connectivity index (χ3v) is 3.36. The van der Waals surface area contributed by atoms with Crippen molar-refractivity contribution in [3.8, 4) is 6.07 Å². The minimum Gasteiger partial charge on any atom is -0.379 e. The molecule has 0 aliphatic heterocycles. The Kier molecular flexibility index (Phi) is 3.55. The quantitative estimate of drug-likeness (QED) is 0.675. The topological polar surface area (TPSA) is 79.0 Å². The fourth-order valence-corrected chi connectivity index (χ4v) is 2.24. The molecule has 5 nitrogen and oxygen atoms in total. The lowest BCUT2D eigenvalue weighted by Gasteiger charge is -2.05. The first kappa shape index (κ1) is 12.1. The average molecular weight is 259 g/mol. The predicted molar refractivity (Wildman–Crippen MR) is 69.5 cm³/mol. The van der Waals surface area contributed by atoms with Gasteiger partial charge in [-0.3, -0.25) is 10.1 Å². The number of nitriles is 1. The van der Waals surface area contributed by atoms with Gasteiger partial charge in [0, 0.05) is 17.5 Å². The van der Waals surface area contributed by atoms with E-state index in [1.54, 1.807) is 24.3 Å². The third-order valence-electron chi connectivity index (χ3n) is 2.33. The molecular weight excluding hydrogens is 250 g/mol. The highest BCUT2D eigenvalue weighted by Gasteiger charge is 2.09. The first-order valence-electron chi connectivity index (χ1n) is 5.17. The monoisotopic (exact) mass is 259 g/mol. The van der Waals surface area contributed by atoms with Gasteiger partial charge in [0.1, 0.15) is 6.07 Å². The summed E-state index contributed by atoms with van der Waals surface area (Å²) in [5.74, 6) is 0. The van der Waals surface area contributed by atoms with E-state index in [2.05, 4.69) is 11.4 Å². The molecule has 2 rings (SSSR count). The van der Waals surface area contributed by atoms with Gasteiger partial charge >= 0.3 is 5.00 Å². The van der Waals surface area contributed by atoms with Gasteiger partial charge < -0.3 is 5.32 Å². The van der Waals surface area contributed by atoms with Crippen molar-refractivity contribution < 1.29 is 4.92 Å². The molecule has 1 N–H and O–H groups in total. The highest BCUT2D eigenvalue weighted by atomic mass is 32.1. The van der Waals surface area contributed by atoms with Crippen molar-refractivity contribution >= 4 is 22.0 Å². The molecule has 1 heterocycles. The second-order valence-corrected chi connectivity index (χ2v) is 4.65. The molecule has 18 heavy (non-hydrogen) atoms. The highest BCUT2D eigenvalue weighted by Crippen LogP contribution is 2.25. The molecule has 6 heteroatoms. The van der Waals surface area contributed by atoms with Crippen molar-refractivity contribution in [1.82, 2.24) is 0 Å². The molecule has 0 saturated carbocycles. The van der Waals surface area contributed by atoms with Gasteiger partial charge in [-0.05, 0) is 18.2 Å². The average Bonchev–Trinajstić information content (AvgIpc) is 2.85. The third kappa shape index (κ3) is 2.64. The summed E-state index contributed by atoms with van der Waals surface area (Å²) < 4.78 is 0. The second kappa shape index (κ2) is 5.29. The van der Waals surface area contributed by atoms with E-state index in [1.807, 2.05) is 6.07 Å². The van der Waals surface area contributed by atoms with Crippen LogP contribution in [0.5, 0.6) is 0 Å². The zero-order valence-corrected chi connectivity index (χ0v) is 10.1. The van der Waals surface area contributed by atoms with Crippen molar-refractivity contribution in [2.45, 2.75) is 6.54 Å². The lowest BCUT2D eigenvalue weighted by molar-refractivity contribution is -0.380. The van der Waals surface area contributed by atoms with Crippen LogP contribution in [0.15, 0.2) is 36.4 Å². The lowest BCUT2D eigenvalue weighted by atomic mass is 10.2. The van der Waals surface area contributed by atoms with E-state index in [9.17, 15) is 10.1 Å². The number of benzene rings is 1. The molecule has 0 aliphatic rings. The van der Waals surface area contributed by atoms with E-state index in [4.69, 9.17) is 5.26 Å². The molecule has 0 amide bonds. The number of hydrogen-bond donors (Lipinski definition) is 1. The summed E-state index contributed by atoms with van der Waals surface area (Å²) in [6, 6.07) is 12.4. The van der Waals surface area contributed by atoms with Crippen molar-refractivity contribution in [3.63, 3.8) is 0 Å². The molecule has 1 aromatic heterocycles. The Morgan fingerprint density at radius 2 is 2.11 bits per heavy atom. The van der Waals surface area contributed by atoms with Crippen LogP contribution in [0.1, 0.15) is 10.4 Å². The van der Waals surface area contributed by atoms with Crippen LogP contribution in [0.3, 0.4) is 0 Å². The molecule has 2 aromatic rings. The number of hydrogen-bond acceptors (Lipinski definition) is 5. The molecule has 0 unspecified atom stereocenters. The highest BCUT2D eigenvalue weighted by molar-refractivity contribution is 7.15. The van der Waals surface area contributed by atoms with Gasteiger partial charge in [0.2, 0.25) is 0 Å². The van der Waals surface area contributed by atoms with E-state index < -0.39 is 4.92 Å². The number of rotatable bonds is 4. The van der Waals surface area contributed by atoms with Gasteiger partial charge in [-0.15, -0.1) is 0 Å². The molecule has 90 valence electrons. The maximum atomic E-state index is 10.5. The molecule has 0 saturated heterocycles. The molecule has 0 aliphatic carbocycles. The molecule has 0 spiro atoms. The summed E-state index contributed by atoms with van der Waals surface area (Å²) in [5.41, 5.74) is 1.29. The minimum atomic E-state index is -0.405. The SMILES string of the molecule is N#Cc1ccccc1NCc1ccc([N+](=O)[O-])s1. The number of thiophene rings is 1. The molecule has 0 atom stereocenters. The van der Waals surface area contributed by atoms with Crippen molar-refractivity contribution in [1.29, 1.82) is 5.26 Å². The summed E-state index contributed by atoms with van der Waals surface area (Å²) in [7, 11) is 0. The Bertz CT molecular complexity index is 616. The maximum Gasteiger partial charge on any atom is 0.324 e. The fraction of sp³-hybridized carbons (Fsp3) is 0.0833. The summed E-state index contributed by atoms with van der Waals surface area (Å²) in [6.45, 7) is 0.469. The Morgan fingerprint density at radius 3 is 2.78 bits per heavy atom. The first-order valence-corrected chi connectivity index (χ1v) is 5.98. The van der Waals surface area contributed by atoms with E-state index in [-0.39, 0.29) is 5.00 Å². The number of para-hydroxylation sites is 1. The standard InChI is InChI=1S/C12H9N3O2S/c13-7-9-3-1-2-4-11(9)14-8-10-5-6-12(18-10)15(16)17/h1-6,14H,8H2. The smallest absolute Gasteiger partial charge is 0.324 e. The van der Waals surface area contributed by atoms with E-state index in [0.29, 0.717) is 12.1 Å². The van der Waals surface area contributed by atoms with Gasteiger partial charge in [-0.1, -0.05) is 23.5 Å². The van der Waals surface area contributed by atoms with Gasteiger partial charge in [0.25, 0.3) is 0 Å². The molecule has 0 fully saturated rings. The van der Waals surface area contributed by atoms with Crippen LogP contribution in [0.2, 0.25) is 0 Å². The van der Waals surface area contributed by atoms with Crippen molar-refractivity contribution in [2.75, 3.05) is 5.32 Å². The molecular formula is C12H9N3O2S. The molecule has 0 bridgehead atoms. The van der Waals surface area contributed by atoms with Gasteiger partial charge in [-0.2, -0.15) is 5.26 Å². The Morgan fingerprint density at radius 1 is 1.33 bits per heavy atom. The van der Waals surface area contributed by atoms with Crippen molar-refractivity contribution in [2.24, 2.45) is 0 Å². The Hall–Kier alpha value is -2.39. The molecule has 0 radical (unpaired) electrons. The van der Waals surface area contributed by atoms with Crippen LogP contribution in [-0.4, -0.2) is 4.92 Å². The number of nitrogens with one attached hydrogen (secondary N) is 1. The van der Waals surface area contributed by atoms with Crippen LogP contribution < -0.4 is 5.32 Å². The largest absolute Gasteiger partial charge is 0.379 e. The van der Waals surface area contributed by atoms with E-state index in [0.717, 1.165) is 21.9 Å². The normalized spacial score (nSPS) is 9.72. The van der Waals surface area contributed by atoms with Gasteiger partial charge in [-0.25, -0.2) is 0 Å². The number of nitro groups is 1. The lowest BCUT2D eigenvalue weighted by Crippen LogP contribution is -1.99. The zero-order chi connectivity index (χ0) is 13.0. The number of nitrogens with zero attached hydrogens (tertiary/aromatic N) is 2. The summed E-state index contributed by atoms with van der Waals surface area (Å²) in [5, 5.41) is 22.7. The van der Waals surface area contributed by atoms with Crippen molar-refractivity contribution in [3.05, 3.63) is 57.0 Å². The van der Waals surface area contributed by atoms with Crippen LogP contribution in [0, 0.1) is 21.4 Å². The molecule has 1 aromatic carbocycles. The van der Waals surface area contributed by atoms with Crippen LogP contribution in [0.25, 0.3) is 0 Å². The predicted octanol–water partition coefficient (Wildman–Crippen LogP) is 3.14. The van der Waals surface area contributed by atoms with Crippen LogP contribution in [-0.2, 0) is 6.54 Å². The van der Waals surface area contributed by atoms with Crippen LogP contribution >= 0.6 is 11.3 Å². The summed E-state index contributed by atoms with van der Waals surface area (Å²) in [4.78, 5) is 11.0. The van der Waals surface area contributed by atoms with E-state index in [1.165, 1.54) is 6.07 Å². The van der Waals surface area contributed by atoms with E-state index >= 15 is 0 Å². The van der Waals surface area contributed by atoms with Gasteiger partial charge in [0.15, 0.2) is 0 Å². The van der Waals surface area contributed by atoms with Crippen LogP contribution in [0.4, 0.5) is 10.7 Å². The summed E-state index contributed by atoms with van der Waals surface area (Å²) >= 11 is 1.13. The second-order valence-electron chi connectivity index (χ2n) is 3.51. The summed E-state index contributed by atoms with van der Waals surface area (Å²) in [6.07, 6.45) is 0. The Balaban J connectivity index is 2.07. The Labute approximate surface area is 107 Å². The first-order chi connectivity index (χ1) is 8.70.